The zero-order valence-electron chi connectivity index (χ0n) is 13.0. The topological polar surface area (TPSA) is 46.9 Å². The number of carbonyl (C=O) groups is 1. The lowest BCUT2D eigenvalue weighted by molar-refractivity contribution is 0.0921. The minimum Gasteiger partial charge on any atom is -0.349 e. The van der Waals surface area contributed by atoms with E-state index >= 15 is 0 Å². The van der Waals surface area contributed by atoms with Gasteiger partial charge in [0.1, 0.15) is 0 Å². The van der Waals surface area contributed by atoms with Crippen LogP contribution in [0.5, 0.6) is 0 Å². The number of hydrogen-bond acceptors (Lipinski definition) is 2. The summed E-state index contributed by atoms with van der Waals surface area (Å²) in [4.78, 5) is 12.3. The van der Waals surface area contributed by atoms with Crippen molar-refractivity contribution < 1.29 is 4.79 Å². The number of carbonyl (C=O) groups excluding carboxylic acids is 1. The van der Waals surface area contributed by atoms with Crippen molar-refractivity contribution in [1.82, 2.24) is 15.1 Å². The van der Waals surface area contributed by atoms with Crippen LogP contribution in [0.15, 0.2) is 42.7 Å². The Hall–Kier alpha value is -2.10. The molecule has 1 aliphatic rings. The van der Waals surface area contributed by atoms with Gasteiger partial charge in [0, 0.05) is 24.0 Å². The summed E-state index contributed by atoms with van der Waals surface area (Å²) < 4.78 is 1.79. The smallest absolute Gasteiger partial charge is 0.251 e. The number of rotatable bonds is 4. The molecule has 1 amide bonds. The summed E-state index contributed by atoms with van der Waals surface area (Å²) in [6.45, 7) is 2.25. The molecule has 4 heteroatoms. The van der Waals surface area contributed by atoms with E-state index in [1.807, 2.05) is 36.5 Å². The van der Waals surface area contributed by atoms with E-state index in [9.17, 15) is 4.79 Å². The van der Waals surface area contributed by atoms with Crippen LogP contribution < -0.4 is 5.32 Å². The van der Waals surface area contributed by atoms with Crippen molar-refractivity contribution in [3.8, 4) is 5.69 Å². The SMILES string of the molecule is CCC1CCC(NC(=O)c2ccc(-n3cccn3)cc2)CC1. The molecule has 0 atom stereocenters. The van der Waals surface area contributed by atoms with Gasteiger partial charge in [0.25, 0.3) is 5.91 Å². The van der Waals surface area contributed by atoms with E-state index in [2.05, 4.69) is 17.3 Å². The molecule has 0 saturated heterocycles. The average Bonchev–Trinajstić information content (AvgIpc) is 3.10. The molecular weight excluding hydrogens is 274 g/mol. The van der Waals surface area contributed by atoms with Crippen molar-refractivity contribution in [1.29, 1.82) is 0 Å². The Morgan fingerprint density at radius 2 is 1.95 bits per heavy atom. The van der Waals surface area contributed by atoms with E-state index < -0.39 is 0 Å². The van der Waals surface area contributed by atoms with Gasteiger partial charge in [-0.25, -0.2) is 4.68 Å². The third-order valence-corrected chi connectivity index (χ3v) is 4.66. The average molecular weight is 297 g/mol. The molecule has 1 aliphatic carbocycles. The van der Waals surface area contributed by atoms with Gasteiger partial charge in [-0.05, 0) is 61.9 Å². The molecule has 2 aromatic rings. The van der Waals surface area contributed by atoms with Gasteiger partial charge in [-0.15, -0.1) is 0 Å². The molecule has 1 aromatic carbocycles. The second-order valence-corrected chi connectivity index (χ2v) is 6.10. The van der Waals surface area contributed by atoms with Crippen molar-refractivity contribution in [2.45, 2.75) is 45.1 Å². The van der Waals surface area contributed by atoms with E-state index in [-0.39, 0.29) is 5.91 Å². The molecule has 0 unspecified atom stereocenters. The minimum absolute atomic E-state index is 0.0342. The largest absolute Gasteiger partial charge is 0.349 e. The Morgan fingerprint density at radius 1 is 1.23 bits per heavy atom. The molecule has 1 fully saturated rings. The van der Waals surface area contributed by atoms with Crippen LogP contribution in [-0.4, -0.2) is 21.7 Å². The van der Waals surface area contributed by atoms with Gasteiger partial charge in [0.05, 0.1) is 5.69 Å². The first-order chi connectivity index (χ1) is 10.8. The molecule has 0 bridgehead atoms. The molecule has 1 saturated carbocycles. The van der Waals surface area contributed by atoms with Gasteiger partial charge < -0.3 is 5.32 Å². The van der Waals surface area contributed by atoms with Gasteiger partial charge in [-0.1, -0.05) is 13.3 Å². The lowest BCUT2D eigenvalue weighted by Gasteiger charge is -2.28. The van der Waals surface area contributed by atoms with E-state index in [0.29, 0.717) is 11.6 Å². The second kappa shape index (κ2) is 6.77. The Balaban J connectivity index is 1.58. The maximum absolute atomic E-state index is 12.3. The first-order valence-corrected chi connectivity index (χ1v) is 8.17. The summed E-state index contributed by atoms with van der Waals surface area (Å²) in [6.07, 6.45) is 9.58. The number of nitrogens with one attached hydrogen (secondary N) is 1. The van der Waals surface area contributed by atoms with E-state index in [4.69, 9.17) is 0 Å². The predicted octanol–water partition coefficient (Wildman–Crippen LogP) is 3.57. The molecule has 1 N–H and O–H groups in total. The predicted molar refractivity (Wildman–Crippen MR) is 87.1 cm³/mol. The Morgan fingerprint density at radius 3 is 2.55 bits per heavy atom. The summed E-state index contributed by atoms with van der Waals surface area (Å²) in [5.41, 5.74) is 1.68. The summed E-state index contributed by atoms with van der Waals surface area (Å²) >= 11 is 0. The highest BCUT2D eigenvalue weighted by Gasteiger charge is 2.21. The third-order valence-electron chi connectivity index (χ3n) is 4.66. The van der Waals surface area contributed by atoms with Crippen LogP contribution in [0.25, 0.3) is 5.69 Å². The highest BCUT2D eigenvalue weighted by molar-refractivity contribution is 5.94. The summed E-state index contributed by atoms with van der Waals surface area (Å²) in [5, 5.41) is 7.36. The molecule has 22 heavy (non-hydrogen) atoms. The number of nitrogens with zero attached hydrogens (tertiary/aromatic N) is 2. The minimum atomic E-state index is 0.0342. The van der Waals surface area contributed by atoms with Crippen LogP contribution in [0.3, 0.4) is 0 Å². The lowest BCUT2D eigenvalue weighted by Crippen LogP contribution is -2.37. The summed E-state index contributed by atoms with van der Waals surface area (Å²) in [6, 6.07) is 9.80. The molecule has 3 rings (SSSR count). The van der Waals surface area contributed by atoms with Crippen molar-refractivity contribution in [3.05, 3.63) is 48.3 Å². The number of hydrogen-bond donors (Lipinski definition) is 1. The van der Waals surface area contributed by atoms with Crippen molar-refractivity contribution in [3.63, 3.8) is 0 Å². The summed E-state index contributed by atoms with van der Waals surface area (Å²) in [7, 11) is 0. The highest BCUT2D eigenvalue weighted by atomic mass is 16.1. The maximum atomic E-state index is 12.3. The fourth-order valence-electron chi connectivity index (χ4n) is 3.17. The molecule has 0 aliphatic heterocycles. The molecule has 4 nitrogen and oxygen atoms in total. The summed E-state index contributed by atoms with van der Waals surface area (Å²) in [5.74, 6) is 0.883. The van der Waals surface area contributed by atoms with Gasteiger partial charge in [-0.2, -0.15) is 5.10 Å². The quantitative estimate of drug-likeness (QED) is 0.937. The van der Waals surface area contributed by atoms with Crippen LogP contribution in [0.4, 0.5) is 0 Å². The molecule has 0 radical (unpaired) electrons. The normalized spacial score (nSPS) is 21.5. The monoisotopic (exact) mass is 297 g/mol. The van der Waals surface area contributed by atoms with Gasteiger partial charge in [0.2, 0.25) is 0 Å². The molecule has 1 heterocycles. The second-order valence-electron chi connectivity index (χ2n) is 6.10. The van der Waals surface area contributed by atoms with Gasteiger partial charge >= 0.3 is 0 Å². The molecular formula is C18H23N3O. The van der Waals surface area contributed by atoms with Gasteiger partial charge in [0.15, 0.2) is 0 Å². The van der Waals surface area contributed by atoms with E-state index in [1.54, 1.807) is 10.9 Å². The molecule has 1 aromatic heterocycles. The standard InChI is InChI=1S/C18H23N3O/c1-2-14-4-8-16(9-5-14)20-18(22)15-6-10-17(11-7-15)21-13-3-12-19-21/h3,6-7,10-14,16H,2,4-5,8-9H2,1H3,(H,20,22). The van der Waals surface area contributed by atoms with Crippen LogP contribution in [0, 0.1) is 5.92 Å². The van der Waals surface area contributed by atoms with Gasteiger partial charge in [-0.3, -0.25) is 4.79 Å². The van der Waals surface area contributed by atoms with Crippen LogP contribution in [-0.2, 0) is 0 Å². The van der Waals surface area contributed by atoms with E-state index in [0.717, 1.165) is 24.4 Å². The molecule has 116 valence electrons. The zero-order valence-corrected chi connectivity index (χ0v) is 13.0. The number of amides is 1. The number of aromatic nitrogens is 2. The lowest BCUT2D eigenvalue weighted by atomic mass is 9.84. The van der Waals surface area contributed by atoms with Crippen LogP contribution in [0.1, 0.15) is 49.4 Å². The first kappa shape index (κ1) is 14.8. The Bertz CT molecular complexity index is 596. The fraction of sp³-hybridized carbons (Fsp3) is 0.444. The highest BCUT2D eigenvalue weighted by Crippen LogP contribution is 2.26. The van der Waals surface area contributed by atoms with Crippen molar-refractivity contribution in [2.75, 3.05) is 0 Å². The third kappa shape index (κ3) is 3.38. The van der Waals surface area contributed by atoms with Crippen molar-refractivity contribution in [2.24, 2.45) is 5.92 Å². The first-order valence-electron chi connectivity index (χ1n) is 8.17. The van der Waals surface area contributed by atoms with E-state index in [1.165, 1.54) is 19.3 Å². The Kier molecular flexibility index (Phi) is 4.56. The van der Waals surface area contributed by atoms with Crippen LogP contribution >= 0.6 is 0 Å². The van der Waals surface area contributed by atoms with Crippen LogP contribution in [0.2, 0.25) is 0 Å². The molecule has 0 spiro atoms. The zero-order chi connectivity index (χ0) is 15.4. The van der Waals surface area contributed by atoms with Crippen molar-refractivity contribution >= 4 is 5.91 Å². The fourth-order valence-corrected chi connectivity index (χ4v) is 3.17. The maximum Gasteiger partial charge on any atom is 0.251 e. The number of benzene rings is 1. The Labute approximate surface area is 131 Å².